The average Bonchev–Trinajstić information content (AvgIpc) is 3.26. The third-order valence-electron chi connectivity index (χ3n) is 4.74. The fourth-order valence-corrected chi connectivity index (χ4v) is 3.17. The molecule has 138 valence electrons. The highest BCUT2D eigenvalue weighted by Gasteiger charge is 2.12. The first-order valence-electron chi connectivity index (χ1n) is 9.32. The van der Waals surface area contributed by atoms with E-state index in [2.05, 4.69) is 21.1 Å². The van der Waals surface area contributed by atoms with Gasteiger partial charge in [0, 0.05) is 37.0 Å². The summed E-state index contributed by atoms with van der Waals surface area (Å²) in [5.41, 5.74) is 9.30. The zero-order valence-corrected chi connectivity index (χ0v) is 15.5. The van der Waals surface area contributed by atoms with E-state index >= 15 is 0 Å². The molecule has 3 rings (SSSR count). The van der Waals surface area contributed by atoms with E-state index < -0.39 is 0 Å². The number of ketones is 1. The maximum atomic E-state index is 11.3. The van der Waals surface area contributed by atoms with Crippen molar-refractivity contribution < 1.29 is 4.79 Å². The molecule has 26 heavy (non-hydrogen) atoms. The lowest BCUT2D eigenvalue weighted by atomic mass is 10.1. The van der Waals surface area contributed by atoms with Gasteiger partial charge >= 0.3 is 0 Å². The van der Waals surface area contributed by atoms with Crippen LogP contribution in [0.4, 0.5) is 0 Å². The molecule has 2 heterocycles. The lowest BCUT2D eigenvalue weighted by Gasteiger charge is -2.08. The summed E-state index contributed by atoms with van der Waals surface area (Å²) in [5.74, 6) is 1.16. The highest BCUT2D eigenvalue weighted by molar-refractivity contribution is 5.83. The standard InChI is InChI=1S/C20H27N5O/c1-3-16(26)7-5-4-6-8-17(21)20-22-12-19(23-20)14-9-10-18-15(11-14)13-25(2)24-18/h9-13,17H,3-8,21H2,1-2H3,(H,22,23)/t17-/m0/s1. The van der Waals surface area contributed by atoms with Crippen molar-refractivity contribution >= 4 is 16.7 Å². The summed E-state index contributed by atoms with van der Waals surface area (Å²) in [4.78, 5) is 19.1. The maximum Gasteiger partial charge on any atom is 0.132 e. The molecule has 1 atom stereocenters. The number of nitrogens with two attached hydrogens (primary N) is 1. The molecule has 0 amide bonds. The van der Waals surface area contributed by atoms with Crippen molar-refractivity contribution in [2.24, 2.45) is 12.8 Å². The van der Waals surface area contributed by atoms with E-state index in [1.807, 2.05) is 43.2 Å². The molecule has 0 aliphatic heterocycles. The Morgan fingerprint density at radius 2 is 2.15 bits per heavy atom. The predicted molar refractivity (Wildman–Crippen MR) is 104 cm³/mol. The summed E-state index contributed by atoms with van der Waals surface area (Å²) < 4.78 is 1.82. The first kappa shape index (κ1) is 18.3. The normalized spacial score (nSPS) is 12.6. The van der Waals surface area contributed by atoms with Crippen LogP contribution in [0.15, 0.2) is 30.6 Å². The molecular weight excluding hydrogens is 326 g/mol. The van der Waals surface area contributed by atoms with Gasteiger partial charge < -0.3 is 10.7 Å². The Morgan fingerprint density at radius 3 is 2.96 bits per heavy atom. The lowest BCUT2D eigenvalue weighted by molar-refractivity contribution is -0.118. The summed E-state index contributed by atoms with van der Waals surface area (Å²) in [5, 5.41) is 5.50. The molecule has 0 aliphatic rings. The Bertz CT molecular complexity index is 879. The number of hydrogen-bond acceptors (Lipinski definition) is 4. The van der Waals surface area contributed by atoms with Crippen LogP contribution in [0.2, 0.25) is 0 Å². The van der Waals surface area contributed by atoms with E-state index in [0.717, 1.165) is 53.7 Å². The molecule has 1 aromatic carbocycles. The number of H-pyrrole nitrogens is 1. The van der Waals surface area contributed by atoms with Crippen LogP contribution in [0.1, 0.15) is 57.3 Å². The zero-order valence-electron chi connectivity index (χ0n) is 15.5. The third-order valence-corrected chi connectivity index (χ3v) is 4.74. The van der Waals surface area contributed by atoms with E-state index in [1.165, 1.54) is 0 Å². The average molecular weight is 353 g/mol. The Hall–Kier alpha value is -2.47. The molecule has 0 radical (unpaired) electrons. The van der Waals surface area contributed by atoms with Crippen LogP contribution in [0, 0.1) is 0 Å². The second-order valence-corrected chi connectivity index (χ2v) is 6.86. The van der Waals surface area contributed by atoms with E-state index in [0.29, 0.717) is 18.6 Å². The van der Waals surface area contributed by atoms with E-state index in [9.17, 15) is 4.79 Å². The fraction of sp³-hybridized carbons (Fsp3) is 0.450. The Kier molecular flexibility index (Phi) is 5.83. The summed E-state index contributed by atoms with van der Waals surface area (Å²) in [6.07, 6.45) is 9.04. The number of nitrogens with one attached hydrogen (secondary N) is 1. The van der Waals surface area contributed by atoms with Crippen LogP contribution >= 0.6 is 0 Å². The third kappa shape index (κ3) is 4.38. The highest BCUT2D eigenvalue weighted by atomic mass is 16.1. The van der Waals surface area contributed by atoms with Crippen molar-refractivity contribution in [3.8, 4) is 11.3 Å². The topological polar surface area (TPSA) is 89.6 Å². The van der Waals surface area contributed by atoms with Gasteiger partial charge in [-0.15, -0.1) is 0 Å². The van der Waals surface area contributed by atoms with Gasteiger partial charge in [0.15, 0.2) is 0 Å². The molecule has 3 N–H and O–H groups in total. The van der Waals surface area contributed by atoms with E-state index in [-0.39, 0.29) is 6.04 Å². The molecule has 3 aromatic rings. The summed E-state index contributed by atoms with van der Waals surface area (Å²) in [7, 11) is 1.92. The summed E-state index contributed by atoms with van der Waals surface area (Å²) >= 11 is 0. The van der Waals surface area contributed by atoms with Crippen molar-refractivity contribution in [1.29, 1.82) is 0 Å². The predicted octanol–water partition coefficient (Wildman–Crippen LogP) is 3.89. The molecule has 0 bridgehead atoms. The zero-order chi connectivity index (χ0) is 18.5. The minimum Gasteiger partial charge on any atom is -0.341 e. The minimum absolute atomic E-state index is 0.104. The van der Waals surface area contributed by atoms with Gasteiger partial charge in [-0.05, 0) is 25.0 Å². The second kappa shape index (κ2) is 8.27. The molecule has 6 heteroatoms. The minimum atomic E-state index is -0.104. The van der Waals surface area contributed by atoms with E-state index in [4.69, 9.17) is 5.73 Å². The molecular formula is C20H27N5O. The van der Waals surface area contributed by atoms with Gasteiger partial charge in [0.25, 0.3) is 0 Å². The fourth-order valence-electron chi connectivity index (χ4n) is 3.17. The number of aromatic amines is 1. The van der Waals surface area contributed by atoms with Crippen molar-refractivity contribution in [2.45, 2.75) is 51.5 Å². The molecule has 0 unspecified atom stereocenters. The van der Waals surface area contributed by atoms with Crippen molar-refractivity contribution in [3.63, 3.8) is 0 Å². The van der Waals surface area contributed by atoms with Crippen LogP contribution in [-0.2, 0) is 11.8 Å². The Morgan fingerprint density at radius 1 is 1.31 bits per heavy atom. The van der Waals surface area contributed by atoms with Crippen LogP contribution < -0.4 is 5.73 Å². The maximum absolute atomic E-state index is 11.3. The lowest BCUT2D eigenvalue weighted by Crippen LogP contribution is -2.12. The number of nitrogens with zero attached hydrogens (tertiary/aromatic N) is 3. The number of carbonyl (C=O) groups is 1. The van der Waals surface area contributed by atoms with Gasteiger partial charge in [-0.1, -0.05) is 25.8 Å². The first-order valence-corrected chi connectivity index (χ1v) is 9.32. The monoisotopic (exact) mass is 353 g/mol. The van der Waals surface area contributed by atoms with Crippen molar-refractivity contribution in [3.05, 3.63) is 36.4 Å². The number of rotatable bonds is 9. The number of aryl methyl sites for hydroxylation is 1. The molecule has 0 saturated carbocycles. The summed E-state index contributed by atoms with van der Waals surface area (Å²) in [6, 6.07) is 6.06. The van der Waals surface area contributed by atoms with Crippen LogP contribution in [0.3, 0.4) is 0 Å². The molecule has 0 fully saturated rings. The van der Waals surface area contributed by atoms with Crippen molar-refractivity contribution in [2.75, 3.05) is 0 Å². The number of benzene rings is 1. The molecule has 6 nitrogen and oxygen atoms in total. The molecule has 0 saturated heterocycles. The largest absolute Gasteiger partial charge is 0.341 e. The van der Waals surface area contributed by atoms with Gasteiger partial charge in [0.05, 0.1) is 23.4 Å². The van der Waals surface area contributed by atoms with Gasteiger partial charge in [-0.3, -0.25) is 9.48 Å². The number of aromatic nitrogens is 4. The van der Waals surface area contributed by atoms with Gasteiger partial charge in [0.1, 0.15) is 11.6 Å². The number of Topliss-reactive ketones (excluding diaryl/α,β-unsaturated/α-hetero) is 1. The number of carbonyl (C=O) groups excluding carboxylic acids is 1. The number of hydrogen-bond donors (Lipinski definition) is 2. The van der Waals surface area contributed by atoms with Gasteiger partial charge in [-0.25, -0.2) is 4.98 Å². The van der Waals surface area contributed by atoms with Gasteiger partial charge in [-0.2, -0.15) is 5.10 Å². The van der Waals surface area contributed by atoms with Crippen LogP contribution in [0.25, 0.3) is 22.2 Å². The number of fused-ring (bicyclic) bond motifs is 1. The SMILES string of the molecule is CCC(=O)CCCCC[C@H](N)c1ncc(-c2ccc3nn(C)cc3c2)[nH]1. The first-order chi connectivity index (χ1) is 12.6. The quantitative estimate of drug-likeness (QED) is 0.571. The van der Waals surface area contributed by atoms with Crippen LogP contribution in [-0.4, -0.2) is 25.5 Å². The molecule has 2 aromatic heterocycles. The molecule has 0 spiro atoms. The molecule has 0 aliphatic carbocycles. The second-order valence-electron chi connectivity index (χ2n) is 6.86. The smallest absolute Gasteiger partial charge is 0.132 e. The summed E-state index contributed by atoms with van der Waals surface area (Å²) in [6.45, 7) is 1.92. The van der Waals surface area contributed by atoms with Gasteiger partial charge in [0.2, 0.25) is 0 Å². The number of unbranched alkanes of at least 4 members (excludes halogenated alkanes) is 2. The van der Waals surface area contributed by atoms with E-state index in [1.54, 1.807) is 0 Å². The van der Waals surface area contributed by atoms with Crippen LogP contribution in [0.5, 0.6) is 0 Å². The Balaban J connectivity index is 1.57. The highest BCUT2D eigenvalue weighted by Crippen LogP contribution is 2.24. The number of imidazole rings is 1. The Labute approximate surface area is 153 Å². The van der Waals surface area contributed by atoms with Crippen molar-refractivity contribution in [1.82, 2.24) is 19.7 Å².